The molecule has 3 rings (SSSR count). The molecule has 0 spiro atoms. The number of rotatable bonds is 7. The standard InChI is InChI=1S/C24H22F3NO5S2/c1-14(29)35-19(21(31)15-7-4-3-5-8-15)12-20(30)28-18(23(32)33-2)13-34-22(28)16-9-6-10-17(11-16)24(25,26)27/h3-11,18-19,22H,12-13H2,1-2H3/t18-,19?,22?/m0/s1. The summed E-state index contributed by atoms with van der Waals surface area (Å²) in [6.45, 7) is 1.27. The molecule has 2 aromatic carbocycles. The Kier molecular flexibility index (Phi) is 8.65. The van der Waals surface area contributed by atoms with E-state index in [-0.39, 0.29) is 16.4 Å². The predicted octanol–water partition coefficient (Wildman–Crippen LogP) is 4.74. The zero-order valence-corrected chi connectivity index (χ0v) is 20.4. The van der Waals surface area contributed by atoms with Gasteiger partial charge in [-0.05, 0) is 17.7 Å². The van der Waals surface area contributed by atoms with Crippen LogP contribution in [0.25, 0.3) is 0 Å². The van der Waals surface area contributed by atoms with Crippen LogP contribution in [0.5, 0.6) is 0 Å². The lowest BCUT2D eigenvalue weighted by Gasteiger charge is -2.29. The largest absolute Gasteiger partial charge is 0.467 e. The summed E-state index contributed by atoms with van der Waals surface area (Å²) in [7, 11) is 1.15. The zero-order valence-electron chi connectivity index (χ0n) is 18.8. The van der Waals surface area contributed by atoms with Crippen LogP contribution in [-0.2, 0) is 25.3 Å². The third-order valence-electron chi connectivity index (χ3n) is 5.28. The molecular formula is C24H22F3NO5S2. The monoisotopic (exact) mass is 525 g/mol. The van der Waals surface area contributed by atoms with Crippen molar-refractivity contribution in [1.82, 2.24) is 4.90 Å². The highest BCUT2D eigenvalue weighted by atomic mass is 32.2. The van der Waals surface area contributed by atoms with Crippen molar-refractivity contribution in [1.29, 1.82) is 0 Å². The molecule has 1 aliphatic heterocycles. The molecule has 2 aromatic rings. The normalized spacial score (nSPS) is 18.7. The van der Waals surface area contributed by atoms with E-state index in [9.17, 15) is 32.3 Å². The van der Waals surface area contributed by atoms with Crippen LogP contribution in [-0.4, -0.2) is 51.8 Å². The van der Waals surface area contributed by atoms with Gasteiger partial charge in [0, 0.05) is 24.7 Å². The van der Waals surface area contributed by atoms with Gasteiger partial charge in [-0.3, -0.25) is 14.4 Å². The number of hydrogen-bond acceptors (Lipinski definition) is 7. The Hall–Kier alpha value is -2.79. The number of Topliss-reactive ketones (excluding diaryl/α,β-unsaturated/α-hetero) is 1. The van der Waals surface area contributed by atoms with Gasteiger partial charge in [0.15, 0.2) is 10.9 Å². The molecule has 186 valence electrons. The van der Waals surface area contributed by atoms with Crippen LogP contribution in [0.4, 0.5) is 13.2 Å². The fourth-order valence-corrected chi connectivity index (χ4v) is 5.99. The number of amides is 1. The lowest BCUT2D eigenvalue weighted by Crippen LogP contribution is -2.45. The van der Waals surface area contributed by atoms with Crippen LogP contribution >= 0.6 is 23.5 Å². The number of ether oxygens (including phenoxy) is 1. The van der Waals surface area contributed by atoms with Crippen LogP contribution in [0.15, 0.2) is 54.6 Å². The Morgan fingerprint density at radius 1 is 1.11 bits per heavy atom. The summed E-state index contributed by atoms with van der Waals surface area (Å²) in [5.41, 5.74) is -0.377. The molecule has 0 N–H and O–H groups in total. The second-order valence-electron chi connectivity index (χ2n) is 7.68. The lowest BCUT2D eigenvalue weighted by atomic mass is 10.0. The summed E-state index contributed by atoms with van der Waals surface area (Å²) in [6.07, 6.45) is -5.00. The van der Waals surface area contributed by atoms with Crippen molar-refractivity contribution in [2.24, 2.45) is 0 Å². The number of nitrogens with zero attached hydrogens (tertiary/aromatic N) is 1. The first-order chi connectivity index (χ1) is 16.5. The van der Waals surface area contributed by atoms with E-state index in [1.54, 1.807) is 30.3 Å². The average molecular weight is 526 g/mol. The molecule has 1 heterocycles. The smallest absolute Gasteiger partial charge is 0.416 e. The van der Waals surface area contributed by atoms with Gasteiger partial charge in [0.05, 0.1) is 17.9 Å². The van der Waals surface area contributed by atoms with Gasteiger partial charge >= 0.3 is 12.1 Å². The summed E-state index contributed by atoms with van der Waals surface area (Å²) in [5, 5.41) is -2.33. The van der Waals surface area contributed by atoms with Crippen molar-refractivity contribution >= 4 is 46.3 Å². The fourth-order valence-electron chi connectivity index (χ4n) is 3.69. The highest BCUT2D eigenvalue weighted by Gasteiger charge is 2.44. The molecule has 3 atom stereocenters. The van der Waals surface area contributed by atoms with E-state index < -0.39 is 52.5 Å². The average Bonchev–Trinajstić information content (AvgIpc) is 3.28. The Morgan fingerprint density at radius 3 is 2.40 bits per heavy atom. The summed E-state index contributed by atoms with van der Waals surface area (Å²) >= 11 is 1.83. The van der Waals surface area contributed by atoms with E-state index >= 15 is 0 Å². The maximum Gasteiger partial charge on any atom is 0.416 e. The van der Waals surface area contributed by atoms with Gasteiger partial charge in [0.2, 0.25) is 5.91 Å². The molecule has 11 heteroatoms. The van der Waals surface area contributed by atoms with Gasteiger partial charge in [-0.25, -0.2) is 4.79 Å². The fraction of sp³-hybridized carbons (Fsp3) is 0.333. The molecule has 0 aliphatic carbocycles. The molecule has 2 unspecified atom stereocenters. The minimum atomic E-state index is -4.58. The molecule has 1 saturated heterocycles. The third-order valence-corrected chi connectivity index (χ3v) is 7.60. The maximum absolute atomic E-state index is 13.5. The molecule has 1 aliphatic rings. The summed E-state index contributed by atoms with van der Waals surface area (Å²) in [4.78, 5) is 51.9. The molecular weight excluding hydrogens is 503 g/mol. The van der Waals surface area contributed by atoms with Gasteiger partial charge in [-0.2, -0.15) is 13.2 Å². The summed E-state index contributed by atoms with van der Waals surface area (Å²) in [5.74, 6) is -1.69. The van der Waals surface area contributed by atoms with Crippen LogP contribution in [0.1, 0.15) is 40.2 Å². The minimum absolute atomic E-state index is 0.108. The second kappa shape index (κ2) is 11.3. The number of alkyl halides is 3. The third kappa shape index (κ3) is 6.46. The van der Waals surface area contributed by atoms with E-state index in [0.717, 1.165) is 35.9 Å². The molecule has 0 saturated carbocycles. The number of ketones is 1. The van der Waals surface area contributed by atoms with Crippen molar-refractivity contribution in [3.63, 3.8) is 0 Å². The first kappa shape index (κ1) is 26.8. The Morgan fingerprint density at radius 2 is 1.80 bits per heavy atom. The van der Waals surface area contributed by atoms with E-state index in [1.165, 1.54) is 19.1 Å². The first-order valence-electron chi connectivity index (χ1n) is 10.5. The van der Waals surface area contributed by atoms with Gasteiger partial charge < -0.3 is 9.64 Å². The molecule has 6 nitrogen and oxygen atoms in total. The predicted molar refractivity (Wildman–Crippen MR) is 127 cm³/mol. The van der Waals surface area contributed by atoms with Gasteiger partial charge in [0.1, 0.15) is 11.4 Å². The SMILES string of the molecule is COC(=O)[C@@H]1CSC(c2cccc(C(F)(F)F)c2)N1C(=O)CC(SC(C)=O)C(=O)c1ccccc1. The molecule has 0 bridgehead atoms. The Balaban J connectivity index is 1.94. The van der Waals surface area contributed by atoms with E-state index in [0.29, 0.717) is 17.3 Å². The summed E-state index contributed by atoms with van der Waals surface area (Å²) in [6, 6.07) is 11.6. The van der Waals surface area contributed by atoms with Crippen molar-refractivity contribution < 1.29 is 37.1 Å². The first-order valence-corrected chi connectivity index (χ1v) is 12.4. The minimum Gasteiger partial charge on any atom is -0.467 e. The van der Waals surface area contributed by atoms with Gasteiger partial charge in [-0.1, -0.05) is 54.2 Å². The van der Waals surface area contributed by atoms with Gasteiger partial charge in [0.25, 0.3) is 0 Å². The van der Waals surface area contributed by atoms with Gasteiger partial charge in [-0.15, -0.1) is 11.8 Å². The van der Waals surface area contributed by atoms with Crippen molar-refractivity contribution in [2.75, 3.05) is 12.9 Å². The van der Waals surface area contributed by atoms with Crippen LogP contribution in [0, 0.1) is 0 Å². The quantitative estimate of drug-likeness (QED) is 0.382. The molecule has 1 amide bonds. The van der Waals surface area contributed by atoms with Crippen LogP contribution in [0.3, 0.4) is 0 Å². The topological polar surface area (TPSA) is 80.8 Å². The van der Waals surface area contributed by atoms with Crippen LogP contribution < -0.4 is 0 Å². The van der Waals surface area contributed by atoms with Crippen molar-refractivity contribution in [2.45, 2.75) is 36.2 Å². The Bertz CT molecular complexity index is 1110. The van der Waals surface area contributed by atoms with Crippen molar-refractivity contribution in [3.05, 3.63) is 71.3 Å². The number of benzene rings is 2. The summed E-state index contributed by atoms with van der Waals surface area (Å²) < 4.78 is 44.7. The molecule has 0 radical (unpaired) electrons. The van der Waals surface area contributed by atoms with Crippen LogP contribution in [0.2, 0.25) is 0 Å². The number of carbonyl (C=O) groups is 4. The van der Waals surface area contributed by atoms with Crippen molar-refractivity contribution in [3.8, 4) is 0 Å². The number of thioether (sulfide) groups is 2. The van der Waals surface area contributed by atoms with E-state index in [2.05, 4.69) is 0 Å². The Labute approximate surface area is 208 Å². The number of methoxy groups -OCH3 is 1. The molecule has 35 heavy (non-hydrogen) atoms. The highest BCUT2D eigenvalue weighted by Crippen LogP contribution is 2.44. The zero-order chi connectivity index (χ0) is 25.8. The van der Waals surface area contributed by atoms with E-state index in [1.807, 2.05) is 0 Å². The number of halogens is 3. The molecule has 1 fully saturated rings. The van der Waals surface area contributed by atoms with E-state index in [4.69, 9.17) is 4.74 Å². The number of carbonyl (C=O) groups excluding carboxylic acids is 4. The second-order valence-corrected chi connectivity index (χ2v) is 10.2. The number of esters is 1. The molecule has 0 aromatic heterocycles. The lowest BCUT2D eigenvalue weighted by molar-refractivity contribution is -0.151. The maximum atomic E-state index is 13.5. The number of hydrogen-bond donors (Lipinski definition) is 0. The highest BCUT2D eigenvalue weighted by molar-refractivity contribution is 8.14.